The largest absolute Gasteiger partial charge is 0.413 e. The Balaban J connectivity index is 1.46. The molecule has 8 nitrogen and oxygen atoms in total. The average molecular weight is 422 g/mol. The SMILES string of the molecule is Cn1nc(-c2cnc3[nH]cc(OC(=O)NC4(C)CCCCC4)c3n2)c2ccc(F)cc21. The zero-order chi connectivity index (χ0) is 21.6. The lowest BCUT2D eigenvalue weighted by atomic mass is 9.83. The Kier molecular flexibility index (Phi) is 4.60. The highest BCUT2D eigenvalue weighted by Gasteiger charge is 2.29. The highest BCUT2D eigenvalue weighted by atomic mass is 19.1. The molecule has 3 aromatic heterocycles. The first-order valence-corrected chi connectivity index (χ1v) is 10.4. The molecule has 1 aliphatic rings. The molecule has 5 rings (SSSR count). The predicted octanol–water partition coefficient (Wildman–Crippen LogP) is 4.46. The minimum atomic E-state index is -0.503. The monoisotopic (exact) mass is 422 g/mol. The Morgan fingerprint density at radius 2 is 2.10 bits per heavy atom. The summed E-state index contributed by atoms with van der Waals surface area (Å²) in [5.41, 5.74) is 2.43. The Morgan fingerprint density at radius 1 is 1.29 bits per heavy atom. The zero-order valence-electron chi connectivity index (χ0n) is 17.4. The maximum absolute atomic E-state index is 13.6. The van der Waals surface area contributed by atoms with Crippen LogP contribution in [0.1, 0.15) is 39.0 Å². The third kappa shape index (κ3) is 3.60. The van der Waals surface area contributed by atoms with Gasteiger partial charge in [-0.15, -0.1) is 0 Å². The summed E-state index contributed by atoms with van der Waals surface area (Å²) in [4.78, 5) is 24.6. The lowest BCUT2D eigenvalue weighted by Gasteiger charge is -2.33. The maximum Gasteiger partial charge on any atom is 0.413 e. The number of carbonyl (C=O) groups is 1. The number of hydrogen-bond acceptors (Lipinski definition) is 5. The first kappa shape index (κ1) is 19.5. The molecule has 31 heavy (non-hydrogen) atoms. The second-order valence-corrected chi connectivity index (χ2v) is 8.37. The maximum atomic E-state index is 13.6. The molecule has 1 fully saturated rings. The van der Waals surface area contributed by atoms with E-state index in [1.165, 1.54) is 18.6 Å². The van der Waals surface area contributed by atoms with Crippen molar-refractivity contribution in [3.63, 3.8) is 0 Å². The number of nitrogens with one attached hydrogen (secondary N) is 2. The number of fused-ring (bicyclic) bond motifs is 2. The Labute approximate surface area is 177 Å². The molecule has 1 aliphatic carbocycles. The normalized spacial score (nSPS) is 16.0. The van der Waals surface area contributed by atoms with E-state index in [4.69, 9.17) is 4.74 Å². The molecule has 0 radical (unpaired) electrons. The molecule has 1 saturated carbocycles. The van der Waals surface area contributed by atoms with Crippen molar-refractivity contribution >= 4 is 28.2 Å². The lowest BCUT2D eigenvalue weighted by Crippen LogP contribution is -2.48. The van der Waals surface area contributed by atoms with Gasteiger partial charge in [-0.2, -0.15) is 5.10 Å². The van der Waals surface area contributed by atoms with E-state index >= 15 is 0 Å². The summed E-state index contributed by atoms with van der Waals surface area (Å²) < 4.78 is 20.8. The number of hydrogen-bond donors (Lipinski definition) is 2. The third-order valence-electron chi connectivity index (χ3n) is 5.97. The van der Waals surface area contributed by atoms with Crippen LogP contribution in [0.5, 0.6) is 5.75 Å². The smallest absolute Gasteiger partial charge is 0.406 e. The first-order valence-electron chi connectivity index (χ1n) is 10.4. The molecule has 0 unspecified atom stereocenters. The minimum Gasteiger partial charge on any atom is -0.406 e. The summed E-state index contributed by atoms with van der Waals surface area (Å²) >= 11 is 0. The van der Waals surface area contributed by atoms with Crippen molar-refractivity contribution in [3.8, 4) is 17.1 Å². The van der Waals surface area contributed by atoms with Crippen LogP contribution in [0, 0.1) is 5.82 Å². The van der Waals surface area contributed by atoms with Gasteiger partial charge in [-0.05, 0) is 38.0 Å². The summed E-state index contributed by atoms with van der Waals surface area (Å²) in [5.74, 6) is -0.0323. The quantitative estimate of drug-likeness (QED) is 0.508. The van der Waals surface area contributed by atoms with Crippen molar-refractivity contribution in [3.05, 3.63) is 36.4 Å². The van der Waals surface area contributed by atoms with Crippen molar-refractivity contribution in [2.45, 2.75) is 44.6 Å². The minimum absolute atomic E-state index is 0.250. The van der Waals surface area contributed by atoms with Crippen molar-refractivity contribution in [1.29, 1.82) is 0 Å². The Morgan fingerprint density at radius 3 is 2.90 bits per heavy atom. The standard InChI is InChI=1S/C22H23FN6O2/c1-22(8-4-3-5-9-22)27-21(30)31-17-12-25-20-19(17)26-15(11-24-20)18-14-7-6-13(23)10-16(14)29(2)28-18/h6-7,10-12H,3-5,8-9H2,1-2H3,(H,24,25)(H,27,30). The fourth-order valence-electron chi connectivity index (χ4n) is 4.31. The molecule has 0 saturated heterocycles. The van der Waals surface area contributed by atoms with E-state index < -0.39 is 6.09 Å². The van der Waals surface area contributed by atoms with Gasteiger partial charge in [0.25, 0.3) is 0 Å². The van der Waals surface area contributed by atoms with E-state index in [9.17, 15) is 9.18 Å². The number of aromatic amines is 1. The van der Waals surface area contributed by atoms with Crippen LogP contribution in [0.2, 0.25) is 0 Å². The second kappa shape index (κ2) is 7.33. The predicted molar refractivity (Wildman–Crippen MR) is 114 cm³/mol. The summed E-state index contributed by atoms with van der Waals surface area (Å²) in [6, 6.07) is 4.49. The van der Waals surface area contributed by atoms with Gasteiger partial charge in [-0.3, -0.25) is 4.68 Å². The van der Waals surface area contributed by atoms with Gasteiger partial charge in [-0.25, -0.2) is 19.2 Å². The molecule has 0 spiro atoms. The van der Waals surface area contributed by atoms with Crippen LogP contribution in [0.3, 0.4) is 0 Å². The number of rotatable bonds is 3. The van der Waals surface area contributed by atoms with Gasteiger partial charge >= 0.3 is 6.09 Å². The number of H-pyrrole nitrogens is 1. The van der Waals surface area contributed by atoms with Gasteiger partial charge in [0.1, 0.15) is 17.2 Å². The number of aromatic nitrogens is 5. The van der Waals surface area contributed by atoms with Crippen molar-refractivity contribution in [1.82, 2.24) is 30.0 Å². The van der Waals surface area contributed by atoms with Crippen molar-refractivity contribution in [2.24, 2.45) is 7.05 Å². The van der Waals surface area contributed by atoms with E-state index in [2.05, 4.69) is 32.3 Å². The number of ether oxygens (including phenoxy) is 1. The molecular formula is C22H23FN6O2. The van der Waals surface area contributed by atoms with Gasteiger partial charge in [0.2, 0.25) is 0 Å². The fraction of sp³-hybridized carbons (Fsp3) is 0.364. The van der Waals surface area contributed by atoms with E-state index in [-0.39, 0.29) is 11.4 Å². The fourth-order valence-corrected chi connectivity index (χ4v) is 4.31. The highest BCUT2D eigenvalue weighted by Crippen LogP contribution is 2.31. The molecule has 160 valence electrons. The van der Waals surface area contributed by atoms with Gasteiger partial charge in [0.15, 0.2) is 16.9 Å². The van der Waals surface area contributed by atoms with Gasteiger partial charge in [-0.1, -0.05) is 19.3 Å². The van der Waals surface area contributed by atoms with Crippen molar-refractivity contribution < 1.29 is 13.9 Å². The molecule has 2 N–H and O–H groups in total. The average Bonchev–Trinajstić information content (AvgIpc) is 3.28. The van der Waals surface area contributed by atoms with Gasteiger partial charge in [0.05, 0.1) is 11.7 Å². The summed E-state index contributed by atoms with van der Waals surface area (Å²) in [6.07, 6.45) is 7.93. The summed E-state index contributed by atoms with van der Waals surface area (Å²) in [7, 11) is 1.75. The van der Waals surface area contributed by atoms with Crippen LogP contribution in [0.15, 0.2) is 30.6 Å². The third-order valence-corrected chi connectivity index (χ3v) is 5.97. The number of carbonyl (C=O) groups excluding carboxylic acids is 1. The number of benzene rings is 1. The molecule has 4 aromatic rings. The lowest BCUT2D eigenvalue weighted by molar-refractivity contribution is 0.174. The molecule has 1 aromatic carbocycles. The van der Waals surface area contributed by atoms with Gasteiger partial charge < -0.3 is 15.0 Å². The molecule has 1 amide bonds. The van der Waals surface area contributed by atoms with E-state index in [1.54, 1.807) is 30.2 Å². The number of amides is 1. The summed E-state index contributed by atoms with van der Waals surface area (Å²) in [6.45, 7) is 2.05. The van der Waals surface area contributed by atoms with E-state index in [0.29, 0.717) is 33.8 Å². The van der Waals surface area contributed by atoms with Gasteiger partial charge in [0, 0.05) is 24.2 Å². The van der Waals surface area contributed by atoms with Crippen LogP contribution in [-0.4, -0.2) is 36.4 Å². The van der Waals surface area contributed by atoms with E-state index in [1.807, 2.05) is 0 Å². The molecule has 3 heterocycles. The van der Waals surface area contributed by atoms with E-state index in [0.717, 1.165) is 31.1 Å². The number of halogens is 1. The number of aryl methyl sites for hydroxylation is 1. The molecule has 9 heteroatoms. The van der Waals surface area contributed by atoms with Crippen LogP contribution in [-0.2, 0) is 7.05 Å². The second-order valence-electron chi connectivity index (χ2n) is 8.37. The van der Waals surface area contributed by atoms with Crippen LogP contribution >= 0.6 is 0 Å². The first-order chi connectivity index (χ1) is 14.9. The van der Waals surface area contributed by atoms with Crippen LogP contribution in [0.4, 0.5) is 9.18 Å². The highest BCUT2D eigenvalue weighted by molar-refractivity contribution is 5.93. The van der Waals surface area contributed by atoms with Crippen LogP contribution in [0.25, 0.3) is 33.5 Å². The molecule has 0 aliphatic heterocycles. The zero-order valence-corrected chi connectivity index (χ0v) is 17.4. The molecule has 0 atom stereocenters. The van der Waals surface area contributed by atoms with Crippen LogP contribution < -0.4 is 10.1 Å². The topological polar surface area (TPSA) is 97.7 Å². The van der Waals surface area contributed by atoms with Crippen molar-refractivity contribution in [2.75, 3.05) is 0 Å². The molecule has 0 bridgehead atoms. The Hall–Kier alpha value is -3.49. The Bertz CT molecular complexity index is 1290. The molecular weight excluding hydrogens is 399 g/mol. The number of nitrogens with zero attached hydrogens (tertiary/aromatic N) is 4. The summed E-state index contributed by atoms with van der Waals surface area (Å²) in [5, 5.41) is 8.25.